The molecule has 1 fully saturated rings. The third-order valence-corrected chi connectivity index (χ3v) is 4.68. The number of morpholine rings is 1. The van der Waals surface area contributed by atoms with Gasteiger partial charge in [0, 0.05) is 32.6 Å². The van der Waals surface area contributed by atoms with Crippen LogP contribution in [0.15, 0.2) is 30.3 Å². The van der Waals surface area contributed by atoms with Crippen LogP contribution in [-0.4, -0.2) is 49.7 Å². The molecule has 0 spiro atoms. The molecule has 1 saturated heterocycles. The van der Waals surface area contributed by atoms with E-state index in [4.69, 9.17) is 4.74 Å². The molecule has 2 atom stereocenters. The van der Waals surface area contributed by atoms with Gasteiger partial charge in [0.2, 0.25) is 5.91 Å². The minimum Gasteiger partial charge on any atom is -0.374 e. The molecule has 1 amide bonds. The molecule has 0 aromatic heterocycles. The first-order chi connectivity index (χ1) is 12.0. The monoisotopic (exact) mass is 346 g/mol. The van der Waals surface area contributed by atoms with Crippen molar-refractivity contribution in [2.45, 2.75) is 46.1 Å². The van der Waals surface area contributed by atoms with Crippen molar-refractivity contribution in [1.29, 1.82) is 0 Å². The largest absolute Gasteiger partial charge is 0.374 e. The minimum atomic E-state index is 0.121. The first-order valence-electron chi connectivity index (χ1n) is 9.67. The molecule has 0 aliphatic carbocycles. The summed E-state index contributed by atoms with van der Waals surface area (Å²) >= 11 is 0. The predicted molar refractivity (Wildman–Crippen MR) is 103 cm³/mol. The van der Waals surface area contributed by atoms with Crippen LogP contribution in [0, 0.1) is 11.8 Å². The Balaban J connectivity index is 1.62. The van der Waals surface area contributed by atoms with E-state index in [0.717, 1.165) is 39.1 Å². The summed E-state index contributed by atoms with van der Waals surface area (Å²) < 4.78 is 5.79. The first kappa shape index (κ1) is 19.9. The quantitative estimate of drug-likeness (QED) is 0.747. The van der Waals surface area contributed by atoms with Crippen molar-refractivity contribution in [3.05, 3.63) is 35.9 Å². The number of aryl methyl sites for hydroxylation is 1. The molecule has 1 heterocycles. The summed E-state index contributed by atoms with van der Waals surface area (Å²) in [5, 5.41) is 3.06. The standard InChI is InChI=1S/C21H34N2O2/c1-17(2)15-23-11-12-25-20(16-23)14-22-21(24)13-18(3)9-10-19-7-5-4-6-8-19/h4-8,17-18,20H,9-16H2,1-3H3,(H,22,24). The molecule has 25 heavy (non-hydrogen) atoms. The maximum Gasteiger partial charge on any atom is 0.220 e. The Bertz CT molecular complexity index is 504. The Hall–Kier alpha value is -1.39. The number of nitrogens with one attached hydrogen (secondary N) is 1. The minimum absolute atomic E-state index is 0.121. The van der Waals surface area contributed by atoms with Crippen LogP contribution < -0.4 is 5.32 Å². The number of hydrogen-bond donors (Lipinski definition) is 1. The van der Waals surface area contributed by atoms with E-state index in [-0.39, 0.29) is 12.0 Å². The number of hydrogen-bond acceptors (Lipinski definition) is 3. The number of amides is 1. The molecular weight excluding hydrogens is 312 g/mol. The van der Waals surface area contributed by atoms with Crippen LogP contribution in [0.4, 0.5) is 0 Å². The van der Waals surface area contributed by atoms with Crippen LogP contribution in [0.3, 0.4) is 0 Å². The molecule has 4 heteroatoms. The number of ether oxygens (including phenoxy) is 1. The van der Waals surface area contributed by atoms with Gasteiger partial charge >= 0.3 is 0 Å². The van der Waals surface area contributed by atoms with E-state index in [2.05, 4.69) is 55.3 Å². The van der Waals surface area contributed by atoms with Gasteiger partial charge < -0.3 is 10.1 Å². The second kappa shape index (κ2) is 10.6. The van der Waals surface area contributed by atoms with Crippen LogP contribution in [-0.2, 0) is 16.0 Å². The average molecular weight is 347 g/mol. The Morgan fingerprint density at radius 2 is 2.04 bits per heavy atom. The fraction of sp³-hybridized carbons (Fsp3) is 0.667. The first-order valence-corrected chi connectivity index (χ1v) is 9.67. The lowest BCUT2D eigenvalue weighted by Crippen LogP contribution is -2.48. The smallest absolute Gasteiger partial charge is 0.220 e. The highest BCUT2D eigenvalue weighted by Gasteiger charge is 2.21. The van der Waals surface area contributed by atoms with Crippen LogP contribution >= 0.6 is 0 Å². The van der Waals surface area contributed by atoms with E-state index in [1.54, 1.807) is 0 Å². The zero-order valence-corrected chi connectivity index (χ0v) is 16.0. The molecule has 1 aromatic carbocycles. The van der Waals surface area contributed by atoms with Crippen molar-refractivity contribution in [3.63, 3.8) is 0 Å². The highest BCUT2D eigenvalue weighted by atomic mass is 16.5. The molecule has 0 radical (unpaired) electrons. The van der Waals surface area contributed by atoms with E-state index in [1.165, 1.54) is 5.56 Å². The van der Waals surface area contributed by atoms with E-state index in [1.807, 2.05) is 6.07 Å². The Kier molecular flexibility index (Phi) is 8.42. The van der Waals surface area contributed by atoms with Crippen LogP contribution in [0.5, 0.6) is 0 Å². The van der Waals surface area contributed by atoms with Crippen molar-refractivity contribution in [2.75, 3.05) is 32.8 Å². The molecule has 1 N–H and O–H groups in total. The van der Waals surface area contributed by atoms with Crippen molar-refractivity contribution in [3.8, 4) is 0 Å². The molecule has 1 aliphatic heterocycles. The molecule has 1 aliphatic rings. The number of rotatable bonds is 9. The fourth-order valence-corrected chi connectivity index (χ4v) is 3.36. The molecule has 0 bridgehead atoms. The van der Waals surface area contributed by atoms with E-state index in [9.17, 15) is 4.79 Å². The number of benzene rings is 1. The van der Waals surface area contributed by atoms with Gasteiger partial charge in [-0.1, -0.05) is 51.1 Å². The molecule has 140 valence electrons. The SMILES string of the molecule is CC(C)CN1CCOC(CNC(=O)CC(C)CCc2ccccc2)C1. The third-order valence-electron chi connectivity index (χ3n) is 4.68. The lowest BCUT2D eigenvalue weighted by molar-refractivity contribution is -0.123. The molecular formula is C21H34N2O2. The summed E-state index contributed by atoms with van der Waals surface area (Å²) in [4.78, 5) is 14.6. The Labute approximate surface area is 152 Å². The Morgan fingerprint density at radius 1 is 1.28 bits per heavy atom. The number of nitrogens with zero attached hydrogens (tertiary/aromatic N) is 1. The van der Waals surface area contributed by atoms with Gasteiger partial charge in [0.15, 0.2) is 0 Å². The van der Waals surface area contributed by atoms with Gasteiger partial charge in [-0.05, 0) is 30.2 Å². The highest BCUT2D eigenvalue weighted by molar-refractivity contribution is 5.76. The topological polar surface area (TPSA) is 41.6 Å². The van der Waals surface area contributed by atoms with Crippen LogP contribution in [0.25, 0.3) is 0 Å². The van der Waals surface area contributed by atoms with Crippen LogP contribution in [0.1, 0.15) is 39.2 Å². The lowest BCUT2D eigenvalue weighted by atomic mass is 9.98. The summed E-state index contributed by atoms with van der Waals surface area (Å²) in [5.74, 6) is 1.20. The van der Waals surface area contributed by atoms with Crippen molar-refractivity contribution < 1.29 is 9.53 Å². The van der Waals surface area contributed by atoms with Crippen molar-refractivity contribution >= 4 is 5.91 Å². The summed E-state index contributed by atoms with van der Waals surface area (Å²) in [6.45, 7) is 11.0. The van der Waals surface area contributed by atoms with E-state index >= 15 is 0 Å². The zero-order valence-electron chi connectivity index (χ0n) is 16.0. The maximum atomic E-state index is 12.2. The summed E-state index contributed by atoms with van der Waals surface area (Å²) in [5.41, 5.74) is 1.34. The van der Waals surface area contributed by atoms with Gasteiger partial charge in [0.05, 0.1) is 12.7 Å². The normalized spacial score (nSPS) is 19.8. The molecule has 0 saturated carbocycles. The highest BCUT2D eigenvalue weighted by Crippen LogP contribution is 2.13. The van der Waals surface area contributed by atoms with Crippen molar-refractivity contribution in [2.24, 2.45) is 11.8 Å². The number of carbonyl (C=O) groups excluding carboxylic acids is 1. The van der Waals surface area contributed by atoms with Gasteiger partial charge in [-0.15, -0.1) is 0 Å². The second-order valence-corrected chi connectivity index (χ2v) is 7.78. The van der Waals surface area contributed by atoms with Gasteiger partial charge in [-0.3, -0.25) is 9.69 Å². The summed E-state index contributed by atoms with van der Waals surface area (Å²) in [6, 6.07) is 10.5. The number of carbonyl (C=O) groups is 1. The van der Waals surface area contributed by atoms with Gasteiger partial charge in [0.1, 0.15) is 0 Å². The molecule has 2 rings (SSSR count). The second-order valence-electron chi connectivity index (χ2n) is 7.78. The van der Waals surface area contributed by atoms with E-state index < -0.39 is 0 Å². The lowest BCUT2D eigenvalue weighted by Gasteiger charge is -2.34. The zero-order chi connectivity index (χ0) is 18.1. The predicted octanol–water partition coefficient (Wildman–Crippen LogP) is 3.12. The maximum absolute atomic E-state index is 12.2. The van der Waals surface area contributed by atoms with Crippen molar-refractivity contribution in [1.82, 2.24) is 10.2 Å². The molecule has 2 unspecified atom stereocenters. The fourth-order valence-electron chi connectivity index (χ4n) is 3.36. The third kappa shape index (κ3) is 8.02. The van der Waals surface area contributed by atoms with Gasteiger partial charge in [0.25, 0.3) is 0 Å². The molecule has 1 aromatic rings. The van der Waals surface area contributed by atoms with Gasteiger partial charge in [-0.25, -0.2) is 0 Å². The Morgan fingerprint density at radius 3 is 2.76 bits per heavy atom. The summed E-state index contributed by atoms with van der Waals surface area (Å²) in [7, 11) is 0. The molecule has 4 nitrogen and oxygen atoms in total. The summed E-state index contributed by atoms with van der Waals surface area (Å²) in [6.07, 6.45) is 2.79. The average Bonchev–Trinajstić information content (AvgIpc) is 2.59. The van der Waals surface area contributed by atoms with Gasteiger partial charge in [-0.2, -0.15) is 0 Å². The van der Waals surface area contributed by atoms with E-state index in [0.29, 0.717) is 24.8 Å². The van der Waals surface area contributed by atoms with Crippen LogP contribution in [0.2, 0.25) is 0 Å².